The van der Waals surface area contributed by atoms with Gasteiger partial charge in [0.1, 0.15) is 23.5 Å². The van der Waals surface area contributed by atoms with Crippen molar-refractivity contribution in [2.24, 2.45) is 5.92 Å². The van der Waals surface area contributed by atoms with Crippen LogP contribution in [0.3, 0.4) is 0 Å². The summed E-state index contributed by atoms with van der Waals surface area (Å²) in [5.41, 5.74) is 1.19. The van der Waals surface area contributed by atoms with Crippen LogP contribution in [0.25, 0.3) is 0 Å². The van der Waals surface area contributed by atoms with E-state index < -0.39 is 6.03 Å². The molecule has 2 N–H and O–H groups in total. The number of ether oxygens (including phenoxy) is 1. The molecule has 1 aromatic heterocycles. The van der Waals surface area contributed by atoms with Crippen LogP contribution in [0.4, 0.5) is 15.0 Å². The van der Waals surface area contributed by atoms with E-state index >= 15 is 0 Å². The van der Waals surface area contributed by atoms with Crippen molar-refractivity contribution in [3.63, 3.8) is 0 Å². The summed E-state index contributed by atoms with van der Waals surface area (Å²) < 4.78 is 19.9. The van der Waals surface area contributed by atoms with E-state index in [1.165, 1.54) is 18.3 Å². The van der Waals surface area contributed by atoms with Gasteiger partial charge < -0.3 is 10.1 Å². The van der Waals surface area contributed by atoms with Crippen LogP contribution in [-0.4, -0.2) is 23.7 Å². The summed E-state index contributed by atoms with van der Waals surface area (Å²) >= 11 is 3.31. The predicted octanol–water partition coefficient (Wildman–Crippen LogP) is 3.15. The van der Waals surface area contributed by atoms with Gasteiger partial charge in [0.15, 0.2) is 0 Å². The van der Waals surface area contributed by atoms with Gasteiger partial charge in [0.05, 0.1) is 16.6 Å². The molecule has 6 nitrogen and oxygen atoms in total. The highest BCUT2D eigenvalue weighted by Gasteiger charge is 2.56. The first-order valence-corrected chi connectivity index (χ1v) is 8.41. The lowest BCUT2D eigenvalue weighted by atomic mass is 10.1. The number of hydrogen-bond donors (Lipinski definition) is 2. The van der Waals surface area contributed by atoms with Gasteiger partial charge >= 0.3 is 6.03 Å². The molecule has 4 rings (SSSR count). The minimum Gasteiger partial charge on any atom is -0.492 e. The largest absolute Gasteiger partial charge is 0.492 e. The first kappa shape index (κ1) is 15.8. The molecule has 3 atom stereocenters. The Morgan fingerprint density at radius 2 is 2.28 bits per heavy atom. The molecule has 2 amide bonds. The third kappa shape index (κ3) is 2.91. The zero-order valence-electron chi connectivity index (χ0n) is 12.8. The maximum Gasteiger partial charge on any atom is 0.320 e. The Kier molecular flexibility index (Phi) is 3.81. The maximum absolute atomic E-state index is 13.7. The molecule has 1 aliphatic carbocycles. The Bertz CT molecular complexity index is 897. The Balaban J connectivity index is 1.44. The van der Waals surface area contributed by atoms with Gasteiger partial charge in [0.25, 0.3) is 0 Å². The van der Waals surface area contributed by atoms with Gasteiger partial charge in [0.2, 0.25) is 0 Å². The second-order valence-corrected chi connectivity index (χ2v) is 6.83. The van der Waals surface area contributed by atoms with Crippen molar-refractivity contribution < 1.29 is 13.9 Å². The number of benzene rings is 1. The topological polar surface area (TPSA) is 87.0 Å². The molecule has 0 spiro atoms. The molecule has 2 aromatic rings. The van der Waals surface area contributed by atoms with Crippen LogP contribution >= 0.6 is 15.9 Å². The normalized spacial score (nSPS) is 22.7. The van der Waals surface area contributed by atoms with Crippen LogP contribution in [0.2, 0.25) is 0 Å². The molecule has 2 aliphatic rings. The van der Waals surface area contributed by atoms with Gasteiger partial charge in [-0.1, -0.05) is 0 Å². The van der Waals surface area contributed by atoms with Gasteiger partial charge in [-0.3, -0.25) is 5.32 Å². The van der Waals surface area contributed by atoms with Crippen molar-refractivity contribution in [1.82, 2.24) is 10.3 Å². The lowest BCUT2D eigenvalue weighted by Gasteiger charge is -2.17. The minimum absolute atomic E-state index is 0.0374. The molecule has 0 saturated heterocycles. The smallest absolute Gasteiger partial charge is 0.320 e. The average Bonchev–Trinajstić information content (AvgIpc) is 3.28. The van der Waals surface area contributed by atoms with E-state index in [1.54, 1.807) is 12.1 Å². The Labute approximate surface area is 151 Å². The SMILES string of the molecule is N#Cc1ccc(NC(=O)NC2[C@H]3COc4c(Br)cc(F)cc4[C@@H]23)nc1. The number of nitriles is 1. The van der Waals surface area contributed by atoms with E-state index in [0.717, 1.165) is 5.56 Å². The number of urea groups is 1. The summed E-state index contributed by atoms with van der Waals surface area (Å²) in [7, 11) is 0. The van der Waals surface area contributed by atoms with E-state index in [1.807, 2.05) is 6.07 Å². The van der Waals surface area contributed by atoms with Gasteiger partial charge in [-0.15, -0.1) is 0 Å². The number of nitrogens with one attached hydrogen (secondary N) is 2. The Morgan fingerprint density at radius 3 is 3.00 bits per heavy atom. The average molecular weight is 403 g/mol. The number of fused-ring (bicyclic) bond motifs is 3. The van der Waals surface area contributed by atoms with Crippen molar-refractivity contribution >= 4 is 27.8 Å². The highest BCUT2D eigenvalue weighted by atomic mass is 79.9. The lowest BCUT2D eigenvalue weighted by Crippen LogP contribution is -2.32. The molecule has 1 aliphatic heterocycles. The van der Waals surface area contributed by atoms with E-state index in [4.69, 9.17) is 10.00 Å². The second-order valence-electron chi connectivity index (χ2n) is 5.97. The fraction of sp³-hybridized carbons (Fsp3) is 0.235. The van der Waals surface area contributed by atoms with E-state index in [9.17, 15) is 9.18 Å². The molecule has 1 unspecified atom stereocenters. The summed E-state index contributed by atoms with van der Waals surface area (Å²) in [5.74, 6) is 0.815. The third-order valence-electron chi connectivity index (χ3n) is 4.42. The Morgan fingerprint density at radius 1 is 1.44 bits per heavy atom. The fourth-order valence-corrected chi connectivity index (χ4v) is 3.76. The molecule has 25 heavy (non-hydrogen) atoms. The molecule has 2 heterocycles. The van der Waals surface area contributed by atoms with E-state index in [-0.39, 0.29) is 23.7 Å². The quantitative estimate of drug-likeness (QED) is 0.807. The lowest BCUT2D eigenvalue weighted by molar-refractivity contribution is 0.249. The van der Waals surface area contributed by atoms with Crippen molar-refractivity contribution in [3.8, 4) is 11.8 Å². The minimum atomic E-state index is -0.395. The molecule has 126 valence electrons. The molecule has 0 radical (unpaired) electrons. The summed E-state index contributed by atoms with van der Waals surface area (Å²) in [5, 5.41) is 14.2. The van der Waals surface area contributed by atoms with Crippen molar-refractivity contribution in [2.45, 2.75) is 12.0 Å². The number of amides is 2. The number of nitrogens with zero attached hydrogens (tertiary/aromatic N) is 2. The second kappa shape index (κ2) is 6.01. The van der Waals surface area contributed by atoms with E-state index in [0.29, 0.717) is 28.2 Å². The third-order valence-corrected chi connectivity index (χ3v) is 5.01. The molecule has 8 heteroatoms. The predicted molar refractivity (Wildman–Crippen MR) is 90.7 cm³/mol. The Hall–Kier alpha value is -2.66. The molecular weight excluding hydrogens is 391 g/mol. The van der Waals surface area contributed by atoms with Gasteiger partial charge in [-0.25, -0.2) is 14.2 Å². The number of hydrogen-bond acceptors (Lipinski definition) is 4. The molecule has 0 bridgehead atoms. The molecule has 1 aromatic carbocycles. The molecule has 1 fully saturated rings. The van der Waals surface area contributed by atoms with Gasteiger partial charge in [-0.2, -0.15) is 5.26 Å². The van der Waals surface area contributed by atoms with Crippen molar-refractivity contribution in [3.05, 3.63) is 51.9 Å². The number of carbonyl (C=O) groups is 1. The first-order chi connectivity index (χ1) is 12.1. The summed E-state index contributed by atoms with van der Waals surface area (Å²) in [6.07, 6.45) is 1.39. The molecular formula is C17H12BrFN4O2. The zero-order valence-corrected chi connectivity index (χ0v) is 14.4. The maximum atomic E-state index is 13.7. The molecule has 1 saturated carbocycles. The van der Waals surface area contributed by atoms with Crippen LogP contribution in [0.5, 0.6) is 5.75 Å². The van der Waals surface area contributed by atoms with Crippen molar-refractivity contribution in [2.75, 3.05) is 11.9 Å². The summed E-state index contributed by atoms with van der Waals surface area (Å²) in [4.78, 5) is 16.1. The monoisotopic (exact) mass is 402 g/mol. The van der Waals surface area contributed by atoms with E-state index in [2.05, 4.69) is 31.5 Å². The highest BCUT2D eigenvalue weighted by Crippen LogP contribution is 2.55. The number of anilines is 1. The van der Waals surface area contributed by atoms with Gasteiger partial charge in [0, 0.05) is 29.6 Å². The summed E-state index contributed by atoms with van der Waals surface area (Å²) in [6.45, 7) is 0.474. The van der Waals surface area contributed by atoms with Crippen molar-refractivity contribution in [1.29, 1.82) is 5.26 Å². The fourth-order valence-electron chi connectivity index (χ4n) is 3.20. The van der Waals surface area contributed by atoms with Crippen LogP contribution in [0.1, 0.15) is 17.0 Å². The number of rotatable bonds is 2. The van der Waals surface area contributed by atoms with Gasteiger partial charge in [-0.05, 0) is 40.2 Å². The zero-order chi connectivity index (χ0) is 17.6. The van der Waals surface area contributed by atoms with Crippen LogP contribution in [0, 0.1) is 23.1 Å². The number of aromatic nitrogens is 1. The number of halogens is 2. The van der Waals surface area contributed by atoms with Crippen LogP contribution in [0.15, 0.2) is 34.9 Å². The summed E-state index contributed by atoms with van der Waals surface area (Å²) in [6, 6.07) is 7.41. The van der Waals surface area contributed by atoms with Crippen LogP contribution < -0.4 is 15.4 Å². The number of carbonyl (C=O) groups excluding carboxylic acids is 1. The first-order valence-electron chi connectivity index (χ1n) is 7.62. The van der Waals surface area contributed by atoms with Crippen LogP contribution in [-0.2, 0) is 0 Å². The standard InChI is InChI=1S/C17H12BrFN4O2/c18-12-4-9(19)3-10-14-11(7-25-16(10)12)15(14)23-17(24)22-13-2-1-8(5-20)6-21-13/h1-4,6,11,14-15H,7H2,(H2,21,22,23,24)/t11-,14+,15?/m0/s1. The highest BCUT2D eigenvalue weighted by molar-refractivity contribution is 9.10. The number of pyridine rings is 1.